The lowest BCUT2D eigenvalue weighted by Gasteiger charge is -2.08. The van der Waals surface area contributed by atoms with Gasteiger partial charge < -0.3 is 10.1 Å². The average Bonchev–Trinajstić information content (AvgIpc) is 2.60. The Balaban J connectivity index is 1.80. The molecule has 0 heterocycles. The number of ether oxygens (including phenoxy) is 1. The normalized spacial score (nSPS) is 10.6. The first kappa shape index (κ1) is 18.4. The molecular weight excluding hydrogens is 386 g/mol. The lowest BCUT2D eigenvalue weighted by Crippen LogP contribution is -2.31. The van der Waals surface area contributed by atoms with E-state index in [2.05, 4.69) is 38.7 Å². The Labute approximate surface area is 156 Å². The van der Waals surface area contributed by atoms with E-state index in [1.807, 2.05) is 48.5 Å². The fourth-order valence-corrected chi connectivity index (χ4v) is 2.55. The quantitative estimate of drug-likeness (QED) is 0.410. The molecule has 2 aromatic carbocycles. The van der Waals surface area contributed by atoms with Crippen LogP contribution in [0.1, 0.15) is 24.5 Å². The van der Waals surface area contributed by atoms with E-state index in [4.69, 9.17) is 17.0 Å². The van der Waals surface area contributed by atoms with Gasteiger partial charge in [-0.3, -0.25) is 5.43 Å². The van der Waals surface area contributed by atoms with Crippen molar-refractivity contribution >= 4 is 39.5 Å². The van der Waals surface area contributed by atoms with Crippen LogP contribution in [0.25, 0.3) is 0 Å². The van der Waals surface area contributed by atoms with Gasteiger partial charge in [0, 0.05) is 6.54 Å². The van der Waals surface area contributed by atoms with Crippen LogP contribution in [0.3, 0.4) is 0 Å². The Morgan fingerprint density at radius 2 is 2.04 bits per heavy atom. The van der Waals surface area contributed by atoms with Crippen LogP contribution in [0.5, 0.6) is 5.75 Å². The Morgan fingerprint density at radius 3 is 2.75 bits per heavy atom. The molecule has 0 aliphatic rings. The van der Waals surface area contributed by atoms with Crippen molar-refractivity contribution in [3.63, 3.8) is 0 Å². The van der Waals surface area contributed by atoms with Gasteiger partial charge in [-0.15, -0.1) is 0 Å². The lowest BCUT2D eigenvalue weighted by molar-refractivity contribution is 0.315. The number of rotatable bonds is 7. The van der Waals surface area contributed by atoms with Crippen LogP contribution in [0.2, 0.25) is 0 Å². The Hall–Kier alpha value is -1.92. The van der Waals surface area contributed by atoms with Crippen LogP contribution >= 0.6 is 28.1 Å². The van der Waals surface area contributed by atoms with E-state index in [-0.39, 0.29) is 0 Å². The fraction of sp³-hybridized carbons (Fsp3) is 0.222. The summed E-state index contributed by atoms with van der Waals surface area (Å²) in [4.78, 5) is 0. The summed E-state index contributed by atoms with van der Waals surface area (Å²) in [5.74, 6) is 0.835. The summed E-state index contributed by atoms with van der Waals surface area (Å²) in [6.07, 6.45) is 2.69. The smallest absolute Gasteiger partial charge is 0.187 e. The third kappa shape index (κ3) is 6.29. The number of benzene rings is 2. The minimum atomic E-state index is 0.483. The number of hydrazone groups is 1. The highest BCUT2D eigenvalue weighted by molar-refractivity contribution is 9.10. The molecule has 2 N–H and O–H groups in total. The summed E-state index contributed by atoms with van der Waals surface area (Å²) in [5.41, 5.74) is 4.93. The highest BCUT2D eigenvalue weighted by Crippen LogP contribution is 2.25. The molecule has 0 saturated heterocycles. The Bertz CT molecular complexity index is 692. The topological polar surface area (TPSA) is 45.6 Å². The second kappa shape index (κ2) is 10.1. The minimum absolute atomic E-state index is 0.483. The second-order valence-corrected chi connectivity index (χ2v) is 6.34. The summed E-state index contributed by atoms with van der Waals surface area (Å²) in [7, 11) is 0. The van der Waals surface area contributed by atoms with E-state index in [1.165, 1.54) is 0 Å². The molecule has 24 heavy (non-hydrogen) atoms. The fourth-order valence-electron chi connectivity index (χ4n) is 1.91. The van der Waals surface area contributed by atoms with E-state index in [9.17, 15) is 0 Å². The van der Waals surface area contributed by atoms with Crippen molar-refractivity contribution in [3.8, 4) is 5.75 Å². The van der Waals surface area contributed by atoms with E-state index in [1.54, 1.807) is 6.21 Å². The number of nitrogens with one attached hydrogen (secondary N) is 2. The zero-order valence-corrected chi connectivity index (χ0v) is 15.9. The predicted molar refractivity (Wildman–Crippen MR) is 107 cm³/mol. The molecular formula is C18H20BrN3OS. The van der Waals surface area contributed by atoms with Gasteiger partial charge in [-0.25, -0.2) is 0 Å². The minimum Gasteiger partial charge on any atom is -0.492 e. The van der Waals surface area contributed by atoms with Crippen LogP contribution in [-0.4, -0.2) is 17.9 Å². The number of hydrogen-bond donors (Lipinski definition) is 2. The molecule has 126 valence electrons. The van der Waals surface area contributed by atoms with Gasteiger partial charge in [-0.05, 0) is 63.9 Å². The number of thiocarbonyl (C=S) groups is 1. The molecule has 0 atom stereocenters. The van der Waals surface area contributed by atoms with Crippen LogP contribution in [-0.2, 0) is 6.54 Å². The summed E-state index contributed by atoms with van der Waals surface area (Å²) in [6, 6.07) is 15.9. The molecule has 0 unspecified atom stereocenters. The third-order valence-electron chi connectivity index (χ3n) is 3.09. The predicted octanol–water partition coefficient (Wildman–Crippen LogP) is 4.24. The maximum Gasteiger partial charge on any atom is 0.187 e. The van der Waals surface area contributed by atoms with E-state index >= 15 is 0 Å². The largest absolute Gasteiger partial charge is 0.492 e. The zero-order valence-electron chi connectivity index (χ0n) is 13.5. The van der Waals surface area contributed by atoms with Crippen molar-refractivity contribution in [3.05, 3.63) is 64.1 Å². The SMILES string of the molecule is CCCOc1ccc(/C=N\NC(=S)NCc2ccccc2)cc1Br. The number of nitrogens with zero attached hydrogens (tertiary/aromatic N) is 1. The van der Waals surface area contributed by atoms with Crippen molar-refractivity contribution in [1.82, 2.24) is 10.7 Å². The summed E-state index contributed by atoms with van der Waals surface area (Å²) in [6.45, 7) is 3.45. The molecule has 2 rings (SSSR count). The Morgan fingerprint density at radius 1 is 1.25 bits per heavy atom. The standard InChI is InChI=1S/C18H20BrN3OS/c1-2-10-23-17-9-8-15(11-16(17)19)13-21-22-18(24)20-12-14-6-4-3-5-7-14/h3-9,11,13H,2,10,12H2,1H3,(H2,20,22,24)/b21-13-. The highest BCUT2D eigenvalue weighted by atomic mass is 79.9. The lowest BCUT2D eigenvalue weighted by atomic mass is 10.2. The monoisotopic (exact) mass is 405 g/mol. The van der Waals surface area contributed by atoms with E-state index in [0.29, 0.717) is 18.3 Å². The molecule has 4 nitrogen and oxygen atoms in total. The molecule has 0 radical (unpaired) electrons. The van der Waals surface area contributed by atoms with Gasteiger partial charge in [-0.1, -0.05) is 37.3 Å². The molecule has 0 saturated carbocycles. The van der Waals surface area contributed by atoms with Gasteiger partial charge in [0.25, 0.3) is 0 Å². The second-order valence-electron chi connectivity index (χ2n) is 5.08. The van der Waals surface area contributed by atoms with Crippen molar-refractivity contribution in [1.29, 1.82) is 0 Å². The Kier molecular flexibility index (Phi) is 7.71. The van der Waals surface area contributed by atoms with Crippen molar-refractivity contribution < 1.29 is 4.74 Å². The molecule has 0 aliphatic heterocycles. The van der Waals surface area contributed by atoms with Crippen molar-refractivity contribution in [2.24, 2.45) is 5.10 Å². The molecule has 6 heteroatoms. The van der Waals surface area contributed by atoms with Crippen LogP contribution < -0.4 is 15.5 Å². The summed E-state index contributed by atoms with van der Waals surface area (Å²) in [5, 5.41) is 7.74. The summed E-state index contributed by atoms with van der Waals surface area (Å²) < 4.78 is 6.53. The maximum absolute atomic E-state index is 5.62. The number of halogens is 1. The van der Waals surface area contributed by atoms with Gasteiger partial charge in [0.1, 0.15) is 5.75 Å². The molecule has 0 aromatic heterocycles. The van der Waals surface area contributed by atoms with Crippen LogP contribution in [0, 0.1) is 0 Å². The molecule has 0 fully saturated rings. The van der Waals surface area contributed by atoms with Gasteiger partial charge in [0.15, 0.2) is 5.11 Å². The molecule has 0 bridgehead atoms. The third-order valence-corrected chi connectivity index (χ3v) is 3.95. The van der Waals surface area contributed by atoms with E-state index < -0.39 is 0 Å². The van der Waals surface area contributed by atoms with Crippen LogP contribution in [0.4, 0.5) is 0 Å². The first-order chi connectivity index (χ1) is 11.7. The average molecular weight is 406 g/mol. The van der Waals surface area contributed by atoms with Gasteiger partial charge in [0.05, 0.1) is 17.3 Å². The van der Waals surface area contributed by atoms with Gasteiger partial charge in [0.2, 0.25) is 0 Å². The van der Waals surface area contributed by atoms with Crippen LogP contribution in [0.15, 0.2) is 58.1 Å². The zero-order chi connectivity index (χ0) is 17.2. The summed E-state index contributed by atoms with van der Waals surface area (Å²) >= 11 is 8.70. The molecule has 0 aliphatic carbocycles. The van der Waals surface area contributed by atoms with Gasteiger partial charge >= 0.3 is 0 Å². The first-order valence-electron chi connectivity index (χ1n) is 7.72. The van der Waals surface area contributed by atoms with Crippen molar-refractivity contribution in [2.75, 3.05) is 6.61 Å². The molecule has 0 amide bonds. The maximum atomic E-state index is 5.62. The molecule has 2 aromatic rings. The first-order valence-corrected chi connectivity index (χ1v) is 8.92. The van der Waals surface area contributed by atoms with Crippen molar-refractivity contribution in [2.45, 2.75) is 19.9 Å². The van der Waals surface area contributed by atoms with E-state index in [0.717, 1.165) is 27.8 Å². The number of hydrogen-bond acceptors (Lipinski definition) is 3. The molecule has 0 spiro atoms. The highest BCUT2D eigenvalue weighted by Gasteiger charge is 2.01. The van der Waals surface area contributed by atoms with Gasteiger partial charge in [-0.2, -0.15) is 5.10 Å².